The minimum absolute atomic E-state index is 0.0550. The van der Waals surface area contributed by atoms with E-state index in [0.717, 1.165) is 6.07 Å². The Balaban J connectivity index is 2.12. The molecule has 0 aliphatic heterocycles. The minimum Gasteiger partial charge on any atom is -0.398 e. The number of nitrogens with zero attached hydrogens (tertiary/aromatic N) is 2. The number of aromatic nitrogens is 1. The third-order valence-corrected chi connectivity index (χ3v) is 2.60. The number of carbonyl (C=O) groups excluding carboxylic acids is 1. The molecule has 1 aromatic carbocycles. The number of nitrogens with two attached hydrogens (primary N) is 1. The minimum atomic E-state index is -0.586. The third-order valence-electron chi connectivity index (χ3n) is 2.60. The summed E-state index contributed by atoms with van der Waals surface area (Å²) in [6, 6.07) is 5.39. The van der Waals surface area contributed by atoms with E-state index < -0.39 is 10.8 Å². The average molecular weight is 276 g/mol. The molecule has 0 radical (unpaired) electrons. The van der Waals surface area contributed by atoms with Gasteiger partial charge in [0.1, 0.15) is 11.5 Å². The Kier molecular flexibility index (Phi) is 3.65. The number of aryl methyl sites for hydroxylation is 1. The van der Waals surface area contributed by atoms with Gasteiger partial charge < -0.3 is 15.6 Å². The molecule has 0 spiro atoms. The zero-order valence-electron chi connectivity index (χ0n) is 10.6. The third kappa shape index (κ3) is 2.91. The molecule has 2 rings (SSSR count). The second kappa shape index (κ2) is 5.39. The normalized spacial score (nSPS) is 10.2. The quantitative estimate of drug-likeness (QED) is 0.494. The second-order valence-corrected chi connectivity index (χ2v) is 4.14. The molecular formula is C12H12N4O4. The number of nitro groups is 1. The largest absolute Gasteiger partial charge is 0.398 e. The van der Waals surface area contributed by atoms with E-state index in [1.807, 2.05) is 0 Å². The number of carbonyl (C=O) groups is 1. The summed E-state index contributed by atoms with van der Waals surface area (Å²) in [4.78, 5) is 22.0. The number of nitro benzene ring substituents is 1. The van der Waals surface area contributed by atoms with Crippen LogP contribution in [0.1, 0.15) is 21.8 Å². The highest BCUT2D eigenvalue weighted by molar-refractivity contribution is 5.99. The molecule has 1 amide bonds. The maximum Gasteiger partial charge on any atom is 0.270 e. The van der Waals surface area contributed by atoms with Crippen LogP contribution < -0.4 is 11.1 Å². The van der Waals surface area contributed by atoms with Gasteiger partial charge in [0.15, 0.2) is 0 Å². The van der Waals surface area contributed by atoms with Crippen molar-refractivity contribution in [3.05, 3.63) is 51.4 Å². The maximum atomic E-state index is 11.9. The van der Waals surface area contributed by atoms with Crippen LogP contribution in [0.2, 0.25) is 0 Å². The van der Waals surface area contributed by atoms with E-state index in [1.165, 1.54) is 12.1 Å². The van der Waals surface area contributed by atoms with Crippen molar-refractivity contribution in [2.75, 3.05) is 5.73 Å². The molecular weight excluding hydrogens is 264 g/mol. The van der Waals surface area contributed by atoms with Gasteiger partial charge in [-0.2, -0.15) is 0 Å². The fraction of sp³-hybridized carbons (Fsp3) is 0.167. The summed E-state index contributed by atoms with van der Waals surface area (Å²) in [5, 5.41) is 17.0. The van der Waals surface area contributed by atoms with Gasteiger partial charge in [-0.3, -0.25) is 14.9 Å². The molecule has 0 saturated heterocycles. The van der Waals surface area contributed by atoms with Crippen LogP contribution in [0.4, 0.5) is 11.4 Å². The Hall–Kier alpha value is -2.90. The van der Waals surface area contributed by atoms with Crippen molar-refractivity contribution in [2.24, 2.45) is 0 Å². The fourth-order valence-corrected chi connectivity index (χ4v) is 1.62. The van der Waals surface area contributed by atoms with Gasteiger partial charge in [-0.05, 0) is 13.0 Å². The fourth-order valence-electron chi connectivity index (χ4n) is 1.62. The van der Waals surface area contributed by atoms with E-state index in [1.54, 1.807) is 13.0 Å². The molecule has 0 aliphatic rings. The summed E-state index contributed by atoms with van der Waals surface area (Å²) in [6.07, 6.45) is 0. The van der Waals surface area contributed by atoms with Gasteiger partial charge in [-0.1, -0.05) is 5.16 Å². The van der Waals surface area contributed by atoms with Gasteiger partial charge in [-0.25, -0.2) is 0 Å². The average Bonchev–Trinajstić information content (AvgIpc) is 2.82. The van der Waals surface area contributed by atoms with Gasteiger partial charge in [0, 0.05) is 23.9 Å². The molecule has 0 fully saturated rings. The van der Waals surface area contributed by atoms with Crippen molar-refractivity contribution >= 4 is 17.3 Å². The summed E-state index contributed by atoms with van der Waals surface area (Å²) in [5.41, 5.74) is 6.23. The summed E-state index contributed by atoms with van der Waals surface area (Å²) in [6.45, 7) is 1.88. The van der Waals surface area contributed by atoms with Crippen molar-refractivity contribution < 1.29 is 14.2 Å². The van der Waals surface area contributed by atoms with Crippen molar-refractivity contribution in [1.82, 2.24) is 10.5 Å². The van der Waals surface area contributed by atoms with Crippen LogP contribution in [0.25, 0.3) is 0 Å². The lowest BCUT2D eigenvalue weighted by Gasteiger charge is -2.05. The van der Waals surface area contributed by atoms with E-state index in [9.17, 15) is 14.9 Å². The van der Waals surface area contributed by atoms with Crippen LogP contribution in [0, 0.1) is 17.0 Å². The first-order valence-corrected chi connectivity index (χ1v) is 5.71. The Morgan fingerprint density at radius 2 is 2.25 bits per heavy atom. The smallest absolute Gasteiger partial charge is 0.270 e. The van der Waals surface area contributed by atoms with Gasteiger partial charge >= 0.3 is 0 Å². The molecule has 0 unspecified atom stereocenters. The predicted molar refractivity (Wildman–Crippen MR) is 69.9 cm³/mol. The number of hydrogen-bond acceptors (Lipinski definition) is 6. The van der Waals surface area contributed by atoms with Crippen LogP contribution >= 0.6 is 0 Å². The molecule has 104 valence electrons. The van der Waals surface area contributed by atoms with Crippen LogP contribution in [0.15, 0.2) is 28.8 Å². The Morgan fingerprint density at radius 3 is 2.85 bits per heavy atom. The predicted octanol–water partition coefficient (Wildman–Crippen LogP) is 1.40. The molecule has 20 heavy (non-hydrogen) atoms. The van der Waals surface area contributed by atoms with Crippen LogP contribution in [0.5, 0.6) is 0 Å². The lowest BCUT2D eigenvalue weighted by Crippen LogP contribution is -2.24. The standard InChI is InChI=1S/C12H12N4O4/c1-7-4-8(15-20-7)6-14-12(17)10-5-9(16(18)19)2-3-11(10)13/h2-5H,6,13H2,1H3,(H,14,17). The maximum absolute atomic E-state index is 11.9. The molecule has 0 aliphatic carbocycles. The molecule has 8 heteroatoms. The highest BCUT2D eigenvalue weighted by Gasteiger charge is 2.15. The van der Waals surface area contributed by atoms with Crippen LogP contribution in [0.3, 0.4) is 0 Å². The Labute approximate surface area is 113 Å². The summed E-state index contributed by atoms with van der Waals surface area (Å²) >= 11 is 0. The van der Waals surface area contributed by atoms with E-state index in [2.05, 4.69) is 10.5 Å². The molecule has 1 heterocycles. The second-order valence-electron chi connectivity index (χ2n) is 4.14. The van der Waals surface area contributed by atoms with Gasteiger partial charge in [0.2, 0.25) is 0 Å². The molecule has 0 bridgehead atoms. The molecule has 1 aromatic heterocycles. The van der Waals surface area contributed by atoms with Gasteiger partial charge in [-0.15, -0.1) is 0 Å². The van der Waals surface area contributed by atoms with Crippen molar-refractivity contribution in [1.29, 1.82) is 0 Å². The number of non-ortho nitro benzene ring substituents is 1. The SMILES string of the molecule is Cc1cc(CNC(=O)c2cc([N+](=O)[O-])ccc2N)no1. The summed E-state index contributed by atoms with van der Waals surface area (Å²) in [5.74, 6) is 0.121. The highest BCUT2D eigenvalue weighted by atomic mass is 16.6. The van der Waals surface area contributed by atoms with E-state index in [4.69, 9.17) is 10.3 Å². The topological polar surface area (TPSA) is 124 Å². The van der Waals surface area contributed by atoms with Crippen molar-refractivity contribution in [2.45, 2.75) is 13.5 Å². The van der Waals surface area contributed by atoms with Crippen molar-refractivity contribution in [3.63, 3.8) is 0 Å². The number of hydrogen-bond donors (Lipinski definition) is 2. The Morgan fingerprint density at radius 1 is 1.50 bits per heavy atom. The summed E-state index contributed by atoms with van der Waals surface area (Å²) < 4.78 is 4.86. The number of rotatable bonds is 4. The monoisotopic (exact) mass is 276 g/mol. The molecule has 8 nitrogen and oxygen atoms in total. The van der Waals surface area contributed by atoms with Crippen LogP contribution in [-0.4, -0.2) is 16.0 Å². The summed E-state index contributed by atoms with van der Waals surface area (Å²) in [7, 11) is 0. The first kappa shape index (κ1) is 13.5. The first-order valence-electron chi connectivity index (χ1n) is 5.71. The molecule has 2 aromatic rings. The van der Waals surface area contributed by atoms with Crippen LogP contribution in [-0.2, 0) is 6.54 Å². The van der Waals surface area contributed by atoms with Gasteiger partial charge in [0.05, 0.1) is 17.0 Å². The lowest BCUT2D eigenvalue weighted by atomic mass is 10.1. The number of amides is 1. The zero-order chi connectivity index (χ0) is 14.7. The Bertz CT molecular complexity index is 665. The van der Waals surface area contributed by atoms with E-state index >= 15 is 0 Å². The van der Waals surface area contributed by atoms with E-state index in [-0.39, 0.29) is 23.5 Å². The number of nitrogen functional groups attached to an aromatic ring is 1. The zero-order valence-corrected chi connectivity index (χ0v) is 10.6. The number of nitrogens with one attached hydrogen (secondary N) is 1. The first-order chi connectivity index (χ1) is 9.47. The number of benzene rings is 1. The van der Waals surface area contributed by atoms with Crippen molar-refractivity contribution in [3.8, 4) is 0 Å². The lowest BCUT2D eigenvalue weighted by molar-refractivity contribution is -0.384. The van der Waals surface area contributed by atoms with E-state index in [0.29, 0.717) is 11.5 Å². The highest BCUT2D eigenvalue weighted by Crippen LogP contribution is 2.19. The molecule has 3 N–H and O–H groups in total. The molecule has 0 saturated carbocycles. The molecule has 0 atom stereocenters. The van der Waals surface area contributed by atoms with Gasteiger partial charge in [0.25, 0.3) is 11.6 Å². The number of anilines is 1.